The van der Waals surface area contributed by atoms with E-state index in [2.05, 4.69) is 25.4 Å². The highest BCUT2D eigenvalue weighted by molar-refractivity contribution is 4.90. The second-order valence-electron chi connectivity index (χ2n) is 2.86. The van der Waals surface area contributed by atoms with Crippen LogP contribution in [0.4, 0.5) is 0 Å². The second kappa shape index (κ2) is 2.89. The van der Waals surface area contributed by atoms with Crippen molar-refractivity contribution in [2.45, 2.75) is 25.9 Å². The lowest BCUT2D eigenvalue weighted by atomic mass is 10.1. The van der Waals surface area contributed by atoms with Crippen LogP contribution in [0.2, 0.25) is 0 Å². The molecule has 2 atom stereocenters. The van der Waals surface area contributed by atoms with Crippen molar-refractivity contribution in [1.29, 1.82) is 5.26 Å². The standard InChI is InChI=1S/C7H13N3/c1-6-3-9-4-7(2)10(6)5-8/h6-7,9H,3-4H2,1-2H3/t6-,7+. The van der Waals surface area contributed by atoms with Gasteiger partial charge in [0, 0.05) is 25.2 Å². The van der Waals surface area contributed by atoms with Crippen LogP contribution in [0.3, 0.4) is 0 Å². The van der Waals surface area contributed by atoms with Crippen molar-refractivity contribution in [2.24, 2.45) is 0 Å². The van der Waals surface area contributed by atoms with Gasteiger partial charge in [-0.1, -0.05) is 0 Å². The maximum Gasteiger partial charge on any atom is 0.179 e. The molecule has 0 aliphatic carbocycles. The number of nitrogens with one attached hydrogen (secondary N) is 1. The minimum Gasteiger partial charge on any atom is -0.313 e. The highest BCUT2D eigenvalue weighted by atomic mass is 15.2. The van der Waals surface area contributed by atoms with E-state index >= 15 is 0 Å². The highest BCUT2D eigenvalue weighted by Gasteiger charge is 2.22. The van der Waals surface area contributed by atoms with Crippen LogP contribution in [0, 0.1) is 11.5 Å². The topological polar surface area (TPSA) is 39.1 Å². The van der Waals surface area contributed by atoms with Crippen molar-refractivity contribution >= 4 is 0 Å². The van der Waals surface area contributed by atoms with Gasteiger partial charge in [-0.05, 0) is 13.8 Å². The molecule has 3 nitrogen and oxygen atoms in total. The van der Waals surface area contributed by atoms with Crippen LogP contribution < -0.4 is 5.32 Å². The van der Waals surface area contributed by atoms with Crippen molar-refractivity contribution < 1.29 is 0 Å². The summed E-state index contributed by atoms with van der Waals surface area (Å²) in [6, 6.07) is 0.711. The molecule has 1 rings (SSSR count). The largest absolute Gasteiger partial charge is 0.313 e. The molecular formula is C7H13N3. The number of hydrogen-bond acceptors (Lipinski definition) is 3. The Hall–Kier alpha value is -0.750. The van der Waals surface area contributed by atoms with Crippen molar-refractivity contribution in [1.82, 2.24) is 10.2 Å². The summed E-state index contributed by atoms with van der Waals surface area (Å²) in [7, 11) is 0. The molecule has 0 spiro atoms. The van der Waals surface area contributed by atoms with Crippen LogP contribution in [0.15, 0.2) is 0 Å². The number of nitrogens with zero attached hydrogens (tertiary/aromatic N) is 2. The van der Waals surface area contributed by atoms with Gasteiger partial charge in [-0.15, -0.1) is 0 Å². The van der Waals surface area contributed by atoms with Crippen molar-refractivity contribution in [3.63, 3.8) is 0 Å². The highest BCUT2D eigenvalue weighted by Crippen LogP contribution is 2.06. The molecule has 0 aromatic carbocycles. The summed E-state index contributed by atoms with van der Waals surface area (Å²) in [6.07, 6.45) is 2.20. The van der Waals surface area contributed by atoms with Gasteiger partial charge >= 0.3 is 0 Å². The van der Waals surface area contributed by atoms with Gasteiger partial charge in [-0.3, -0.25) is 0 Å². The summed E-state index contributed by atoms with van der Waals surface area (Å²) in [6.45, 7) is 5.98. The van der Waals surface area contributed by atoms with Crippen LogP contribution in [-0.2, 0) is 0 Å². The van der Waals surface area contributed by atoms with Crippen LogP contribution >= 0.6 is 0 Å². The lowest BCUT2D eigenvalue weighted by molar-refractivity contribution is 0.190. The quantitative estimate of drug-likeness (QED) is 0.485. The van der Waals surface area contributed by atoms with E-state index in [0.717, 1.165) is 13.1 Å². The van der Waals surface area contributed by atoms with Gasteiger partial charge in [-0.2, -0.15) is 5.26 Å². The summed E-state index contributed by atoms with van der Waals surface area (Å²) < 4.78 is 0. The Morgan fingerprint density at radius 1 is 1.40 bits per heavy atom. The Kier molecular flexibility index (Phi) is 2.13. The molecule has 0 aromatic rings. The van der Waals surface area contributed by atoms with Crippen LogP contribution in [0.1, 0.15) is 13.8 Å². The number of hydrogen-bond donors (Lipinski definition) is 1. The monoisotopic (exact) mass is 139 g/mol. The fourth-order valence-electron chi connectivity index (χ4n) is 1.33. The Bertz CT molecular complexity index is 139. The molecule has 0 radical (unpaired) electrons. The number of nitriles is 1. The molecule has 1 aliphatic rings. The van der Waals surface area contributed by atoms with Crippen molar-refractivity contribution in [2.75, 3.05) is 13.1 Å². The fraction of sp³-hybridized carbons (Fsp3) is 0.857. The minimum atomic E-state index is 0.355. The molecule has 56 valence electrons. The second-order valence-corrected chi connectivity index (χ2v) is 2.86. The normalized spacial score (nSPS) is 33.5. The lowest BCUT2D eigenvalue weighted by Crippen LogP contribution is -2.52. The third-order valence-electron chi connectivity index (χ3n) is 1.94. The first-order valence-corrected chi connectivity index (χ1v) is 3.64. The van der Waals surface area contributed by atoms with E-state index in [-0.39, 0.29) is 0 Å². The molecule has 0 unspecified atom stereocenters. The SMILES string of the molecule is C[C@@H]1CNC[C@H](C)N1C#N. The Morgan fingerprint density at radius 2 is 1.90 bits per heavy atom. The van der Waals surface area contributed by atoms with Gasteiger partial charge in [0.05, 0.1) is 0 Å². The Morgan fingerprint density at radius 3 is 2.20 bits per heavy atom. The number of piperazine rings is 1. The molecule has 1 aliphatic heterocycles. The zero-order chi connectivity index (χ0) is 7.56. The van der Waals surface area contributed by atoms with E-state index in [1.807, 2.05) is 4.90 Å². The molecule has 0 aromatic heterocycles. The van der Waals surface area contributed by atoms with Crippen LogP contribution in [-0.4, -0.2) is 30.1 Å². The zero-order valence-electron chi connectivity index (χ0n) is 6.46. The first-order chi connectivity index (χ1) is 4.75. The predicted octanol–water partition coefficient (Wildman–Crippen LogP) is 0.150. The van der Waals surface area contributed by atoms with E-state index in [1.165, 1.54) is 0 Å². The van der Waals surface area contributed by atoms with Gasteiger partial charge in [0.15, 0.2) is 6.19 Å². The van der Waals surface area contributed by atoms with Crippen molar-refractivity contribution in [3.05, 3.63) is 0 Å². The minimum absolute atomic E-state index is 0.355. The molecule has 1 saturated heterocycles. The van der Waals surface area contributed by atoms with E-state index < -0.39 is 0 Å². The Balaban J connectivity index is 2.56. The first-order valence-electron chi connectivity index (χ1n) is 3.64. The molecule has 1 N–H and O–H groups in total. The van der Waals surface area contributed by atoms with E-state index in [9.17, 15) is 0 Å². The smallest absolute Gasteiger partial charge is 0.179 e. The third kappa shape index (κ3) is 1.22. The lowest BCUT2D eigenvalue weighted by Gasteiger charge is -2.34. The number of rotatable bonds is 0. The molecule has 0 bridgehead atoms. The average molecular weight is 139 g/mol. The molecule has 10 heavy (non-hydrogen) atoms. The van der Waals surface area contributed by atoms with Crippen LogP contribution in [0.25, 0.3) is 0 Å². The molecule has 1 heterocycles. The maximum atomic E-state index is 8.68. The first kappa shape index (κ1) is 7.36. The maximum absolute atomic E-state index is 8.68. The summed E-state index contributed by atoms with van der Waals surface area (Å²) in [4.78, 5) is 1.84. The van der Waals surface area contributed by atoms with E-state index in [4.69, 9.17) is 5.26 Å². The van der Waals surface area contributed by atoms with Gasteiger partial charge in [-0.25, -0.2) is 0 Å². The van der Waals surface area contributed by atoms with Gasteiger partial charge < -0.3 is 10.2 Å². The van der Waals surface area contributed by atoms with Gasteiger partial charge in [0.25, 0.3) is 0 Å². The summed E-state index contributed by atoms with van der Waals surface area (Å²) >= 11 is 0. The molecule has 1 fully saturated rings. The zero-order valence-corrected chi connectivity index (χ0v) is 6.46. The summed E-state index contributed by atoms with van der Waals surface area (Å²) in [5, 5.41) is 11.9. The van der Waals surface area contributed by atoms with E-state index in [1.54, 1.807) is 0 Å². The van der Waals surface area contributed by atoms with Crippen LogP contribution in [0.5, 0.6) is 0 Å². The summed E-state index contributed by atoms with van der Waals surface area (Å²) in [5.74, 6) is 0. The third-order valence-corrected chi connectivity index (χ3v) is 1.94. The molecule has 0 amide bonds. The molecular weight excluding hydrogens is 126 g/mol. The van der Waals surface area contributed by atoms with Gasteiger partial charge in [0.1, 0.15) is 0 Å². The summed E-state index contributed by atoms with van der Waals surface area (Å²) in [5.41, 5.74) is 0. The van der Waals surface area contributed by atoms with E-state index in [0.29, 0.717) is 12.1 Å². The van der Waals surface area contributed by atoms with Gasteiger partial charge in [0.2, 0.25) is 0 Å². The molecule has 3 heteroatoms. The average Bonchev–Trinajstić information content (AvgIpc) is 1.88. The Labute approximate surface area is 61.6 Å². The predicted molar refractivity (Wildman–Crippen MR) is 39.2 cm³/mol. The fourth-order valence-corrected chi connectivity index (χ4v) is 1.33. The molecule has 0 saturated carbocycles. The van der Waals surface area contributed by atoms with Crippen molar-refractivity contribution in [3.8, 4) is 6.19 Å².